The lowest BCUT2D eigenvalue weighted by molar-refractivity contribution is -0.142. The van der Waals surface area contributed by atoms with E-state index in [1.54, 1.807) is 6.92 Å². The third-order valence-corrected chi connectivity index (χ3v) is 6.24. The Morgan fingerprint density at radius 3 is 2.09 bits per heavy atom. The van der Waals surface area contributed by atoms with Crippen molar-refractivity contribution in [3.8, 4) is 11.1 Å². The molecule has 0 radical (unpaired) electrons. The van der Waals surface area contributed by atoms with Crippen molar-refractivity contribution >= 4 is 18.0 Å². The molecule has 1 fully saturated rings. The van der Waals surface area contributed by atoms with Crippen LogP contribution in [0.5, 0.6) is 0 Å². The van der Waals surface area contributed by atoms with Gasteiger partial charge in [0.25, 0.3) is 0 Å². The van der Waals surface area contributed by atoms with E-state index in [9.17, 15) is 19.5 Å². The lowest BCUT2D eigenvalue weighted by Crippen LogP contribution is -2.51. The fraction of sp³-hybridized carbons (Fsp3) is 0.400. The first-order valence-electron chi connectivity index (χ1n) is 11.1. The number of nitrogens with one attached hydrogen (secondary N) is 2. The molecule has 3 N–H and O–H groups in total. The van der Waals surface area contributed by atoms with Crippen LogP contribution < -0.4 is 10.6 Å². The molecule has 2 aromatic rings. The van der Waals surface area contributed by atoms with Crippen molar-refractivity contribution in [2.24, 2.45) is 5.92 Å². The number of carbonyl (C=O) groups excluding carboxylic acids is 2. The highest BCUT2D eigenvalue weighted by Gasteiger charge is 2.33. The van der Waals surface area contributed by atoms with Crippen LogP contribution in [0.1, 0.15) is 49.7 Å². The van der Waals surface area contributed by atoms with Gasteiger partial charge >= 0.3 is 12.1 Å². The van der Waals surface area contributed by atoms with E-state index in [1.807, 2.05) is 36.4 Å². The Bertz CT molecular complexity index is 971. The van der Waals surface area contributed by atoms with Gasteiger partial charge in [-0.2, -0.15) is 0 Å². The number of fused-ring (bicyclic) bond motifs is 3. The number of alkyl carbamates (subject to hydrolysis) is 1. The summed E-state index contributed by atoms with van der Waals surface area (Å²) in [6, 6.07) is 14.4. The Labute approximate surface area is 187 Å². The molecular formula is C25H28N2O5. The number of hydrogen-bond donors (Lipinski definition) is 3. The van der Waals surface area contributed by atoms with Crippen LogP contribution in [0.4, 0.5) is 4.79 Å². The standard InChI is InChI=1S/C25H28N2O5/c1-2-21(24(29)30)26-23(28)22(13-15-11-12-15)27-25(31)32-14-20-18-9-5-3-7-16(18)17-8-4-6-10-19(17)20/h3-10,15,20-22H,2,11-14H2,1H3,(H,26,28)(H,27,31)(H,29,30)/t21-,22-/m0/s1. The zero-order valence-corrected chi connectivity index (χ0v) is 18.0. The van der Waals surface area contributed by atoms with E-state index in [0.29, 0.717) is 12.3 Å². The highest BCUT2D eigenvalue weighted by molar-refractivity contribution is 5.89. The molecule has 0 aliphatic heterocycles. The number of rotatable bonds is 9. The van der Waals surface area contributed by atoms with E-state index in [1.165, 1.54) is 0 Å². The number of carbonyl (C=O) groups is 3. The van der Waals surface area contributed by atoms with E-state index < -0.39 is 30.1 Å². The molecule has 0 spiro atoms. The van der Waals surface area contributed by atoms with Crippen molar-refractivity contribution in [2.45, 2.75) is 50.6 Å². The monoisotopic (exact) mass is 436 g/mol. The molecular weight excluding hydrogens is 408 g/mol. The maximum absolute atomic E-state index is 12.7. The van der Waals surface area contributed by atoms with Crippen LogP contribution in [0.25, 0.3) is 11.1 Å². The fourth-order valence-electron chi connectivity index (χ4n) is 4.31. The average Bonchev–Trinajstić information content (AvgIpc) is 3.55. The number of amides is 2. The minimum atomic E-state index is -1.09. The van der Waals surface area contributed by atoms with E-state index in [2.05, 4.69) is 22.8 Å². The van der Waals surface area contributed by atoms with Crippen molar-refractivity contribution < 1.29 is 24.2 Å². The molecule has 32 heavy (non-hydrogen) atoms. The second-order valence-corrected chi connectivity index (χ2v) is 8.51. The van der Waals surface area contributed by atoms with Crippen LogP contribution in [-0.2, 0) is 14.3 Å². The summed E-state index contributed by atoms with van der Waals surface area (Å²) < 4.78 is 5.55. The SMILES string of the molecule is CC[C@H](NC(=O)[C@H](CC1CC1)NC(=O)OCC1c2ccccc2-c2ccccc21)C(=O)O. The Hall–Kier alpha value is -3.35. The number of benzene rings is 2. The van der Waals surface area contributed by atoms with Crippen LogP contribution in [0.15, 0.2) is 48.5 Å². The van der Waals surface area contributed by atoms with Crippen molar-refractivity contribution in [2.75, 3.05) is 6.61 Å². The van der Waals surface area contributed by atoms with Crippen molar-refractivity contribution in [1.82, 2.24) is 10.6 Å². The third-order valence-electron chi connectivity index (χ3n) is 6.24. The highest BCUT2D eigenvalue weighted by atomic mass is 16.5. The molecule has 2 aliphatic carbocycles. The first-order valence-corrected chi connectivity index (χ1v) is 11.1. The second kappa shape index (κ2) is 9.42. The molecule has 0 bridgehead atoms. The van der Waals surface area contributed by atoms with Crippen LogP contribution in [0.3, 0.4) is 0 Å². The van der Waals surface area contributed by atoms with Gasteiger partial charge in [-0.25, -0.2) is 9.59 Å². The molecule has 4 rings (SSSR count). The summed E-state index contributed by atoms with van der Waals surface area (Å²) in [5, 5.41) is 14.4. The van der Waals surface area contributed by atoms with E-state index in [-0.39, 0.29) is 18.9 Å². The van der Waals surface area contributed by atoms with E-state index in [4.69, 9.17) is 4.74 Å². The predicted octanol–water partition coefficient (Wildman–Crippen LogP) is 3.67. The summed E-state index contributed by atoms with van der Waals surface area (Å²) in [5.41, 5.74) is 4.51. The van der Waals surface area contributed by atoms with Gasteiger partial charge in [0, 0.05) is 5.92 Å². The molecule has 1 saturated carbocycles. The summed E-state index contributed by atoms with van der Waals surface area (Å²) in [6.45, 7) is 1.85. The maximum Gasteiger partial charge on any atom is 0.407 e. The van der Waals surface area contributed by atoms with Crippen molar-refractivity contribution in [1.29, 1.82) is 0 Å². The first-order chi connectivity index (χ1) is 15.5. The molecule has 2 amide bonds. The Morgan fingerprint density at radius 1 is 0.969 bits per heavy atom. The van der Waals surface area contributed by atoms with Gasteiger partial charge in [0.05, 0.1) is 0 Å². The van der Waals surface area contributed by atoms with Crippen LogP contribution >= 0.6 is 0 Å². The zero-order chi connectivity index (χ0) is 22.7. The van der Waals surface area contributed by atoms with Gasteiger partial charge < -0.3 is 20.5 Å². The van der Waals surface area contributed by atoms with Gasteiger partial charge in [-0.1, -0.05) is 68.3 Å². The van der Waals surface area contributed by atoms with Gasteiger partial charge in [0.15, 0.2) is 0 Å². The zero-order valence-electron chi connectivity index (χ0n) is 18.0. The van der Waals surface area contributed by atoms with Gasteiger partial charge in [-0.05, 0) is 41.0 Å². The van der Waals surface area contributed by atoms with Gasteiger partial charge in [0.1, 0.15) is 18.7 Å². The number of carboxylic acid groups (broad SMARTS) is 1. The number of carboxylic acids is 1. The normalized spacial score (nSPS) is 16.4. The second-order valence-electron chi connectivity index (χ2n) is 8.51. The van der Waals surface area contributed by atoms with Gasteiger partial charge in [-0.15, -0.1) is 0 Å². The summed E-state index contributed by atoms with van der Waals surface area (Å²) in [6.07, 6.45) is 2.09. The van der Waals surface area contributed by atoms with Gasteiger partial charge in [0.2, 0.25) is 5.91 Å². The topological polar surface area (TPSA) is 105 Å². The highest BCUT2D eigenvalue weighted by Crippen LogP contribution is 2.44. The minimum absolute atomic E-state index is 0.0691. The summed E-state index contributed by atoms with van der Waals surface area (Å²) in [5.74, 6) is -1.28. The van der Waals surface area contributed by atoms with Crippen LogP contribution in [0, 0.1) is 5.92 Å². The summed E-state index contributed by atoms with van der Waals surface area (Å²) >= 11 is 0. The lowest BCUT2D eigenvalue weighted by atomic mass is 9.98. The molecule has 0 aromatic heterocycles. The van der Waals surface area contributed by atoms with Gasteiger partial charge in [-0.3, -0.25) is 4.79 Å². The third kappa shape index (κ3) is 4.77. The molecule has 2 aromatic carbocycles. The lowest BCUT2D eigenvalue weighted by Gasteiger charge is -2.21. The molecule has 0 unspecified atom stereocenters. The molecule has 0 heterocycles. The molecule has 7 nitrogen and oxygen atoms in total. The van der Waals surface area contributed by atoms with E-state index in [0.717, 1.165) is 35.1 Å². The smallest absolute Gasteiger partial charge is 0.407 e. The number of hydrogen-bond acceptors (Lipinski definition) is 4. The predicted molar refractivity (Wildman–Crippen MR) is 119 cm³/mol. The molecule has 7 heteroatoms. The average molecular weight is 437 g/mol. The number of aliphatic carboxylic acids is 1. The molecule has 2 atom stereocenters. The molecule has 168 valence electrons. The Balaban J connectivity index is 1.40. The Kier molecular flexibility index (Phi) is 6.44. The van der Waals surface area contributed by atoms with Crippen molar-refractivity contribution in [3.05, 3.63) is 59.7 Å². The largest absolute Gasteiger partial charge is 0.480 e. The maximum atomic E-state index is 12.7. The van der Waals surface area contributed by atoms with E-state index >= 15 is 0 Å². The van der Waals surface area contributed by atoms with Crippen molar-refractivity contribution in [3.63, 3.8) is 0 Å². The van der Waals surface area contributed by atoms with Crippen LogP contribution in [0.2, 0.25) is 0 Å². The molecule has 0 saturated heterocycles. The molecule has 2 aliphatic rings. The number of ether oxygens (including phenoxy) is 1. The fourth-order valence-corrected chi connectivity index (χ4v) is 4.31. The Morgan fingerprint density at radius 2 is 1.56 bits per heavy atom. The van der Waals surface area contributed by atoms with Crippen LogP contribution in [-0.4, -0.2) is 41.8 Å². The summed E-state index contributed by atoms with van der Waals surface area (Å²) in [7, 11) is 0. The minimum Gasteiger partial charge on any atom is -0.480 e. The first kappa shape index (κ1) is 21.9. The summed E-state index contributed by atoms with van der Waals surface area (Å²) in [4.78, 5) is 36.5. The quantitative estimate of drug-likeness (QED) is 0.556.